The van der Waals surface area contributed by atoms with Gasteiger partial charge in [-0.3, -0.25) is 10.1 Å². The van der Waals surface area contributed by atoms with Gasteiger partial charge < -0.3 is 15.1 Å². The summed E-state index contributed by atoms with van der Waals surface area (Å²) in [4.78, 5) is 19.0. The minimum atomic E-state index is -0.509. The van der Waals surface area contributed by atoms with Gasteiger partial charge in [-0.25, -0.2) is 9.97 Å². The third-order valence-electron chi connectivity index (χ3n) is 3.41. The van der Waals surface area contributed by atoms with Crippen LogP contribution in [0.25, 0.3) is 0 Å². The van der Waals surface area contributed by atoms with Crippen LogP contribution in [0.4, 0.5) is 23.0 Å². The monoisotopic (exact) mass is 325 g/mol. The number of nitrogens with zero attached hydrogens (tertiary/aromatic N) is 3. The van der Waals surface area contributed by atoms with E-state index in [0.717, 1.165) is 11.3 Å². The van der Waals surface area contributed by atoms with Crippen molar-refractivity contribution in [2.75, 3.05) is 10.6 Å². The Morgan fingerprint density at radius 1 is 1.17 bits per heavy atom. The van der Waals surface area contributed by atoms with E-state index >= 15 is 0 Å². The number of rotatable bonds is 6. The number of aryl methyl sites for hydroxylation is 1. The van der Waals surface area contributed by atoms with Crippen LogP contribution < -0.4 is 10.6 Å². The van der Waals surface area contributed by atoms with Crippen LogP contribution in [-0.4, -0.2) is 14.9 Å². The highest BCUT2D eigenvalue weighted by atomic mass is 16.6. The molecule has 2 aromatic heterocycles. The highest BCUT2D eigenvalue weighted by molar-refractivity contribution is 5.74. The molecular weight excluding hydrogens is 310 g/mol. The lowest BCUT2D eigenvalue weighted by atomic mass is 10.2. The van der Waals surface area contributed by atoms with Crippen molar-refractivity contribution in [1.29, 1.82) is 0 Å². The minimum Gasteiger partial charge on any atom is -0.467 e. The average Bonchev–Trinajstić information content (AvgIpc) is 3.08. The third kappa shape index (κ3) is 3.32. The molecule has 1 aromatic carbocycles. The number of nitro groups is 1. The largest absolute Gasteiger partial charge is 0.467 e. The summed E-state index contributed by atoms with van der Waals surface area (Å²) >= 11 is 0. The fourth-order valence-corrected chi connectivity index (χ4v) is 2.20. The first-order valence-corrected chi connectivity index (χ1v) is 7.23. The lowest BCUT2D eigenvalue weighted by Gasteiger charge is -2.11. The molecule has 0 aliphatic heterocycles. The number of benzene rings is 1. The Kier molecular flexibility index (Phi) is 4.37. The molecule has 8 heteroatoms. The Hall–Kier alpha value is -3.42. The quantitative estimate of drug-likeness (QED) is 0.526. The predicted octanol–water partition coefficient (Wildman–Crippen LogP) is 3.64. The van der Waals surface area contributed by atoms with E-state index in [2.05, 4.69) is 20.6 Å². The second kappa shape index (κ2) is 6.78. The fraction of sp³-hybridized carbons (Fsp3) is 0.125. The topological polar surface area (TPSA) is 106 Å². The van der Waals surface area contributed by atoms with Crippen molar-refractivity contribution in [2.24, 2.45) is 0 Å². The lowest BCUT2D eigenvalue weighted by molar-refractivity contribution is -0.383. The molecule has 0 amide bonds. The Bertz CT molecular complexity index is 849. The molecule has 3 aromatic rings. The van der Waals surface area contributed by atoms with Gasteiger partial charge in [0.25, 0.3) is 0 Å². The molecule has 3 rings (SSSR count). The van der Waals surface area contributed by atoms with Gasteiger partial charge in [0.2, 0.25) is 11.6 Å². The number of anilines is 3. The molecule has 0 saturated carbocycles. The zero-order chi connectivity index (χ0) is 16.9. The first-order valence-electron chi connectivity index (χ1n) is 7.23. The molecule has 2 heterocycles. The molecule has 2 N–H and O–H groups in total. The molecule has 0 fully saturated rings. The molecule has 0 bridgehead atoms. The van der Waals surface area contributed by atoms with Gasteiger partial charge in [-0.1, -0.05) is 18.2 Å². The number of hydrogen-bond donors (Lipinski definition) is 2. The van der Waals surface area contributed by atoms with Gasteiger partial charge in [0.1, 0.15) is 12.1 Å². The lowest BCUT2D eigenvalue weighted by Crippen LogP contribution is -2.08. The maximum Gasteiger partial charge on any atom is 0.353 e. The Morgan fingerprint density at radius 2 is 1.96 bits per heavy atom. The predicted molar refractivity (Wildman–Crippen MR) is 89.2 cm³/mol. The maximum atomic E-state index is 11.5. The highest BCUT2D eigenvalue weighted by Crippen LogP contribution is 2.32. The summed E-state index contributed by atoms with van der Waals surface area (Å²) in [5, 5.41) is 17.4. The van der Waals surface area contributed by atoms with Crippen molar-refractivity contribution >= 4 is 23.0 Å². The number of nitrogens with one attached hydrogen (secondary N) is 2. The van der Waals surface area contributed by atoms with E-state index in [9.17, 15) is 10.1 Å². The van der Waals surface area contributed by atoms with E-state index in [1.807, 2.05) is 31.2 Å². The summed E-state index contributed by atoms with van der Waals surface area (Å²) in [6, 6.07) is 11.0. The van der Waals surface area contributed by atoms with Crippen molar-refractivity contribution in [3.8, 4) is 0 Å². The van der Waals surface area contributed by atoms with E-state index < -0.39 is 4.92 Å². The summed E-state index contributed by atoms with van der Waals surface area (Å²) in [5.74, 6) is 0.907. The second-order valence-electron chi connectivity index (χ2n) is 5.05. The number of hydrogen-bond acceptors (Lipinski definition) is 7. The van der Waals surface area contributed by atoms with E-state index in [0.29, 0.717) is 5.76 Å². The van der Waals surface area contributed by atoms with E-state index in [1.54, 1.807) is 12.1 Å². The first kappa shape index (κ1) is 15.5. The minimum absolute atomic E-state index is 0.127. The maximum absolute atomic E-state index is 11.5. The fourth-order valence-electron chi connectivity index (χ4n) is 2.20. The molecule has 0 spiro atoms. The van der Waals surface area contributed by atoms with Crippen LogP contribution in [0.1, 0.15) is 11.3 Å². The van der Waals surface area contributed by atoms with Gasteiger partial charge in [-0.15, -0.1) is 0 Å². The van der Waals surface area contributed by atoms with Crippen LogP contribution in [-0.2, 0) is 6.54 Å². The number of para-hydroxylation sites is 1. The molecule has 0 radical (unpaired) electrons. The molecular formula is C16H15N5O3. The van der Waals surface area contributed by atoms with Crippen molar-refractivity contribution < 1.29 is 9.34 Å². The van der Waals surface area contributed by atoms with Crippen LogP contribution in [0, 0.1) is 17.0 Å². The van der Waals surface area contributed by atoms with E-state index in [4.69, 9.17) is 4.42 Å². The Balaban J connectivity index is 1.90. The van der Waals surface area contributed by atoms with E-state index in [1.165, 1.54) is 12.6 Å². The van der Waals surface area contributed by atoms with Crippen LogP contribution in [0.5, 0.6) is 0 Å². The Morgan fingerprint density at radius 3 is 2.67 bits per heavy atom. The number of furan rings is 1. The molecule has 8 nitrogen and oxygen atoms in total. The van der Waals surface area contributed by atoms with Crippen molar-refractivity contribution in [3.63, 3.8) is 0 Å². The van der Waals surface area contributed by atoms with Gasteiger partial charge in [-0.2, -0.15) is 0 Å². The second-order valence-corrected chi connectivity index (χ2v) is 5.05. The summed E-state index contributed by atoms with van der Waals surface area (Å²) < 4.78 is 5.21. The molecule has 0 unspecified atom stereocenters. The summed E-state index contributed by atoms with van der Waals surface area (Å²) in [6.07, 6.45) is 2.81. The smallest absolute Gasteiger partial charge is 0.353 e. The Labute approximate surface area is 137 Å². The standard InChI is InChI=1S/C16H15N5O3/c1-11-5-2-3-7-13(11)20-16-14(21(22)23)15(18-10-19-16)17-9-12-6-4-8-24-12/h2-8,10H,9H2,1H3,(H2,17,18,19,20). The van der Waals surface area contributed by atoms with Crippen molar-refractivity contribution in [1.82, 2.24) is 9.97 Å². The molecule has 0 aliphatic rings. The zero-order valence-corrected chi connectivity index (χ0v) is 12.9. The normalized spacial score (nSPS) is 10.4. The van der Waals surface area contributed by atoms with Gasteiger partial charge in [0, 0.05) is 5.69 Å². The summed E-state index contributed by atoms with van der Waals surface area (Å²) in [5.41, 5.74) is 1.49. The van der Waals surface area contributed by atoms with Gasteiger partial charge in [-0.05, 0) is 30.7 Å². The number of aromatic nitrogens is 2. The van der Waals surface area contributed by atoms with E-state index in [-0.39, 0.29) is 23.9 Å². The summed E-state index contributed by atoms with van der Waals surface area (Å²) in [7, 11) is 0. The average molecular weight is 325 g/mol. The molecule has 0 saturated heterocycles. The third-order valence-corrected chi connectivity index (χ3v) is 3.41. The van der Waals surface area contributed by atoms with Crippen LogP contribution in [0.3, 0.4) is 0 Å². The molecule has 0 aliphatic carbocycles. The van der Waals surface area contributed by atoms with Crippen molar-refractivity contribution in [2.45, 2.75) is 13.5 Å². The van der Waals surface area contributed by atoms with Crippen LogP contribution in [0.15, 0.2) is 53.4 Å². The SMILES string of the molecule is Cc1ccccc1Nc1ncnc(NCc2ccco2)c1[N+](=O)[O-]. The molecule has 122 valence electrons. The highest BCUT2D eigenvalue weighted by Gasteiger charge is 2.23. The molecule has 0 atom stereocenters. The van der Waals surface area contributed by atoms with Crippen LogP contribution >= 0.6 is 0 Å². The summed E-state index contributed by atoms with van der Waals surface area (Å²) in [6.45, 7) is 2.19. The zero-order valence-electron chi connectivity index (χ0n) is 12.9. The van der Waals surface area contributed by atoms with Gasteiger partial charge in [0.05, 0.1) is 17.7 Å². The molecule has 24 heavy (non-hydrogen) atoms. The van der Waals surface area contributed by atoms with Gasteiger partial charge in [0.15, 0.2) is 0 Å². The van der Waals surface area contributed by atoms with Crippen molar-refractivity contribution in [3.05, 3.63) is 70.4 Å². The van der Waals surface area contributed by atoms with Gasteiger partial charge >= 0.3 is 5.69 Å². The van der Waals surface area contributed by atoms with Crippen LogP contribution in [0.2, 0.25) is 0 Å². The first-order chi connectivity index (χ1) is 11.6.